The lowest BCUT2D eigenvalue weighted by Crippen LogP contribution is -2.09. The molecular weight excluding hydrogens is 953 g/mol. The molecule has 0 fully saturated rings. The lowest BCUT2D eigenvalue weighted by molar-refractivity contribution is 0.672. The third-order valence-corrected chi connectivity index (χ3v) is 17.8. The Labute approximate surface area is 436 Å². The zero-order valence-electron chi connectivity index (χ0n) is 39.8. The van der Waals surface area contributed by atoms with E-state index < -0.39 is 0 Å². The molecule has 0 unspecified atom stereocenters. The summed E-state index contributed by atoms with van der Waals surface area (Å²) in [5.74, 6) is 0. The Hall–Kier alpha value is -9.76. The summed E-state index contributed by atoms with van der Waals surface area (Å²) in [6.45, 7) is 9.58. The van der Waals surface area contributed by atoms with Crippen LogP contribution in [-0.4, -0.2) is 9.13 Å². The highest BCUT2D eigenvalue weighted by atomic mass is 32.1. The van der Waals surface area contributed by atoms with Crippen LogP contribution < -0.4 is 0 Å². The highest BCUT2D eigenvalue weighted by Gasteiger charge is 2.34. The van der Waals surface area contributed by atoms with Crippen molar-refractivity contribution in [3.8, 4) is 50.8 Å². The molecule has 16 rings (SSSR count). The molecule has 0 aliphatic rings. The Kier molecular flexibility index (Phi) is 8.85. The Bertz CT molecular complexity index is 5070. The lowest BCUT2D eigenvalue weighted by atomic mass is 9.88. The number of rotatable bonds is 5. The number of hydrogen-bond donors (Lipinski definition) is 0. The van der Waals surface area contributed by atoms with Crippen molar-refractivity contribution in [1.29, 1.82) is 5.26 Å². The van der Waals surface area contributed by atoms with E-state index in [0.29, 0.717) is 28.2 Å². The molecule has 5 nitrogen and oxygen atoms in total. The highest BCUT2D eigenvalue weighted by molar-refractivity contribution is 7.27. The molecule has 0 N–H and O–H groups in total. The van der Waals surface area contributed by atoms with Crippen LogP contribution in [0.15, 0.2) is 223 Å². The summed E-state index contributed by atoms with van der Waals surface area (Å²) in [7, 11) is 0. The number of benzene rings is 11. The minimum atomic E-state index is 0.398. The van der Waals surface area contributed by atoms with Gasteiger partial charge in [-0.15, -0.1) is 22.7 Å². The molecule has 346 valence electrons. The van der Waals surface area contributed by atoms with Crippen LogP contribution >= 0.6 is 22.7 Å². The molecule has 11 aromatic carbocycles. The molecule has 0 saturated heterocycles. The summed E-state index contributed by atoms with van der Waals surface area (Å²) >= 11 is 3.59. The van der Waals surface area contributed by atoms with E-state index in [-0.39, 0.29) is 0 Å². The van der Waals surface area contributed by atoms with Gasteiger partial charge in [0.05, 0.1) is 55.0 Å². The molecule has 75 heavy (non-hydrogen) atoms. The monoisotopic (exact) mass is 988 g/mol. The molecule has 0 spiro atoms. The van der Waals surface area contributed by atoms with Gasteiger partial charge in [0, 0.05) is 80.0 Å². The van der Waals surface area contributed by atoms with Crippen molar-refractivity contribution in [2.45, 2.75) is 0 Å². The number of fused-ring (bicyclic) bond motifs is 18. The van der Waals surface area contributed by atoms with E-state index in [1.807, 2.05) is 42.5 Å². The number of furan rings is 1. The van der Waals surface area contributed by atoms with Crippen LogP contribution in [0.5, 0.6) is 0 Å². The number of thiophene rings is 2. The van der Waals surface area contributed by atoms with Crippen LogP contribution in [0.25, 0.3) is 155 Å². The second-order valence-corrected chi connectivity index (χ2v) is 21.3. The van der Waals surface area contributed by atoms with Gasteiger partial charge in [0.15, 0.2) is 5.58 Å². The summed E-state index contributed by atoms with van der Waals surface area (Å²) in [5, 5.41) is 23.1. The van der Waals surface area contributed by atoms with Crippen LogP contribution in [0.4, 0.5) is 5.69 Å². The fraction of sp³-hybridized carbons (Fsp3) is 0. The Morgan fingerprint density at radius 1 is 0.400 bits per heavy atom. The molecule has 0 aliphatic carbocycles. The predicted octanol–water partition coefficient (Wildman–Crippen LogP) is 19.9. The number of hydrogen-bond acceptors (Lipinski definition) is 4. The van der Waals surface area contributed by atoms with Gasteiger partial charge in [-0.05, 0) is 41.0 Å². The predicted molar refractivity (Wildman–Crippen MR) is 315 cm³/mol. The summed E-state index contributed by atoms with van der Waals surface area (Å²) in [5.41, 5.74) is 12.6. The first-order valence-electron chi connectivity index (χ1n) is 24.9. The number of aromatic nitrogens is 2. The van der Waals surface area contributed by atoms with Crippen LogP contribution in [0.2, 0.25) is 0 Å². The molecule has 5 heterocycles. The number of nitriles is 1. The number of nitrogens with zero attached hydrogens (tertiary/aromatic N) is 4. The zero-order chi connectivity index (χ0) is 49.5. The molecule has 0 radical (unpaired) electrons. The van der Waals surface area contributed by atoms with Gasteiger partial charge in [0.2, 0.25) is 5.69 Å². The quantitative estimate of drug-likeness (QED) is 0.161. The van der Waals surface area contributed by atoms with Gasteiger partial charge in [-0.1, -0.05) is 194 Å². The average molecular weight is 989 g/mol. The van der Waals surface area contributed by atoms with E-state index in [4.69, 9.17) is 4.42 Å². The fourth-order valence-corrected chi connectivity index (χ4v) is 14.8. The van der Waals surface area contributed by atoms with Crippen LogP contribution in [0, 0.1) is 17.9 Å². The Morgan fingerprint density at radius 3 is 1.48 bits per heavy atom. The van der Waals surface area contributed by atoms with Crippen molar-refractivity contribution in [2.75, 3.05) is 0 Å². The van der Waals surface area contributed by atoms with Crippen molar-refractivity contribution in [2.24, 2.45) is 0 Å². The largest absolute Gasteiger partial charge is 0.453 e. The SMILES string of the molecule is [C-]#[N+]c1c(-c2ccccc2)c(C#N)c(-n2c3ccccc3c3ccc4c5cccc(-c6ccccc6)c5oc4c32)c(-c2ccccc2)c1-n1c2c(ccc3c4ccccc4sc32)c2ccc3c4ccccc4sc3c21. The van der Waals surface area contributed by atoms with Crippen molar-refractivity contribution >= 4 is 134 Å². The molecule has 0 saturated carbocycles. The zero-order valence-corrected chi connectivity index (χ0v) is 41.4. The second-order valence-electron chi connectivity index (χ2n) is 19.2. The van der Waals surface area contributed by atoms with Crippen LogP contribution in [-0.2, 0) is 0 Å². The highest BCUT2D eigenvalue weighted by Crippen LogP contribution is 2.55. The first-order valence-corrected chi connectivity index (χ1v) is 26.6. The normalized spacial score (nSPS) is 12.0. The summed E-state index contributed by atoms with van der Waals surface area (Å²) in [6.07, 6.45) is 0. The van der Waals surface area contributed by atoms with E-state index in [2.05, 4.69) is 196 Å². The molecule has 0 atom stereocenters. The molecule has 7 heteroatoms. The molecule has 0 amide bonds. The van der Waals surface area contributed by atoms with Gasteiger partial charge in [-0.25, -0.2) is 4.85 Å². The van der Waals surface area contributed by atoms with E-state index in [1.165, 1.54) is 20.2 Å². The second kappa shape index (κ2) is 15.9. The lowest BCUT2D eigenvalue weighted by Gasteiger charge is -2.26. The van der Waals surface area contributed by atoms with Gasteiger partial charge in [0.25, 0.3) is 0 Å². The van der Waals surface area contributed by atoms with E-state index in [1.54, 1.807) is 22.7 Å². The van der Waals surface area contributed by atoms with Gasteiger partial charge < -0.3 is 13.6 Å². The maximum atomic E-state index is 12.2. The van der Waals surface area contributed by atoms with Gasteiger partial charge in [0.1, 0.15) is 11.7 Å². The van der Waals surface area contributed by atoms with Crippen molar-refractivity contribution in [3.05, 3.63) is 235 Å². The summed E-state index contributed by atoms with van der Waals surface area (Å²) < 4.78 is 16.7. The smallest absolute Gasteiger partial charge is 0.220 e. The van der Waals surface area contributed by atoms with Gasteiger partial charge in [-0.3, -0.25) is 0 Å². The molecule has 5 aromatic heterocycles. The average Bonchev–Trinajstić information content (AvgIpc) is 4.37. The molecule has 0 bridgehead atoms. The Balaban J connectivity index is 1.19. The minimum Gasteiger partial charge on any atom is -0.453 e. The van der Waals surface area contributed by atoms with E-state index in [9.17, 15) is 11.8 Å². The molecule has 16 aromatic rings. The molecule has 0 aliphatic heterocycles. The number of para-hydroxylation sites is 2. The minimum absolute atomic E-state index is 0.398. The van der Waals surface area contributed by atoms with Crippen LogP contribution in [0.1, 0.15) is 5.56 Å². The summed E-state index contributed by atoms with van der Waals surface area (Å²) in [4.78, 5) is 4.68. The van der Waals surface area contributed by atoms with Crippen molar-refractivity contribution in [1.82, 2.24) is 9.13 Å². The standard InChI is InChI=1S/C68H36N4OS2/c1-70-59-57(40-20-7-3-8-21-40)53(38-69)60(71-54-29-14-11-24-43(54)46-32-35-50-49-28-17-27-42(39-18-5-2-6-19-39)65(49)73-66(50)61(46)71)58(41-22-9-4-10-23-41)64(59)72-62-47(33-36-51-44-25-12-15-30-55(44)74-67(51)62)48-34-37-52-45-26-13-16-31-56(45)75-68(52)63(48)72/h2-37H. The topological polar surface area (TPSA) is 51.1 Å². The third-order valence-electron chi connectivity index (χ3n) is 15.4. The van der Waals surface area contributed by atoms with Crippen LogP contribution in [0.3, 0.4) is 0 Å². The van der Waals surface area contributed by atoms with Crippen molar-refractivity contribution in [3.63, 3.8) is 0 Å². The first-order chi connectivity index (χ1) is 37.2. The van der Waals surface area contributed by atoms with Crippen molar-refractivity contribution < 1.29 is 4.42 Å². The summed E-state index contributed by atoms with van der Waals surface area (Å²) in [6, 6.07) is 79.4. The maximum absolute atomic E-state index is 12.2. The maximum Gasteiger partial charge on any atom is 0.220 e. The van der Waals surface area contributed by atoms with E-state index >= 15 is 0 Å². The third kappa shape index (κ3) is 5.74. The van der Waals surface area contributed by atoms with Gasteiger partial charge >= 0.3 is 0 Å². The van der Waals surface area contributed by atoms with Gasteiger partial charge in [-0.2, -0.15) is 5.26 Å². The molecular formula is C68H36N4OS2. The fourth-order valence-electron chi connectivity index (χ4n) is 12.3. The Morgan fingerprint density at radius 2 is 0.880 bits per heavy atom. The first kappa shape index (κ1) is 41.8. The van der Waals surface area contributed by atoms with E-state index in [0.717, 1.165) is 114 Å².